The normalized spacial score (nSPS) is 15.7. The van der Waals surface area contributed by atoms with Gasteiger partial charge in [0.1, 0.15) is 17.2 Å². The molecule has 1 aliphatic heterocycles. The van der Waals surface area contributed by atoms with Gasteiger partial charge in [0.15, 0.2) is 5.82 Å². The number of anilines is 1. The highest BCUT2D eigenvalue weighted by molar-refractivity contribution is 5.59. The third-order valence-corrected chi connectivity index (χ3v) is 4.38. The van der Waals surface area contributed by atoms with Gasteiger partial charge in [0.25, 0.3) is 0 Å². The number of alkyl halides is 3. The van der Waals surface area contributed by atoms with Gasteiger partial charge in [-0.2, -0.15) is 13.2 Å². The zero-order chi connectivity index (χ0) is 17.4. The van der Waals surface area contributed by atoms with Crippen LogP contribution in [0.2, 0.25) is 0 Å². The molecular weight excluding hydrogens is 331 g/mol. The molecule has 0 radical (unpaired) electrons. The molecule has 0 N–H and O–H groups in total. The summed E-state index contributed by atoms with van der Waals surface area (Å²) in [5, 5.41) is 0. The van der Waals surface area contributed by atoms with Gasteiger partial charge >= 0.3 is 6.18 Å². The maximum Gasteiger partial charge on any atom is 0.417 e. The molecule has 3 aromatic rings. The summed E-state index contributed by atoms with van der Waals surface area (Å²) in [5.74, 6) is 1.17. The minimum Gasteiger partial charge on any atom is -0.357 e. The lowest BCUT2D eigenvalue weighted by Gasteiger charge is -2.27. The number of pyridine rings is 1. The van der Waals surface area contributed by atoms with E-state index in [-0.39, 0.29) is 0 Å². The summed E-state index contributed by atoms with van der Waals surface area (Å²) in [6.07, 6.45) is 3.21. The molecular formula is C17H16F3N5. The van der Waals surface area contributed by atoms with Gasteiger partial charge < -0.3 is 4.90 Å². The van der Waals surface area contributed by atoms with Crippen LogP contribution in [0.1, 0.15) is 24.8 Å². The molecule has 4 heterocycles. The van der Waals surface area contributed by atoms with Crippen LogP contribution < -0.4 is 4.90 Å². The van der Waals surface area contributed by atoms with Gasteiger partial charge in [-0.05, 0) is 37.5 Å². The third-order valence-electron chi connectivity index (χ3n) is 4.38. The number of piperidine rings is 1. The number of hydrogen-bond donors (Lipinski definition) is 0. The summed E-state index contributed by atoms with van der Waals surface area (Å²) in [7, 11) is 0. The Labute approximate surface area is 142 Å². The largest absolute Gasteiger partial charge is 0.417 e. The predicted octanol–water partition coefficient (Wildman–Crippen LogP) is 3.80. The van der Waals surface area contributed by atoms with Crippen molar-refractivity contribution in [1.82, 2.24) is 19.4 Å². The number of fused-ring (bicyclic) bond motifs is 1. The van der Waals surface area contributed by atoms with Crippen LogP contribution >= 0.6 is 0 Å². The van der Waals surface area contributed by atoms with Crippen molar-refractivity contribution in [2.75, 3.05) is 18.0 Å². The Kier molecular flexibility index (Phi) is 3.82. The van der Waals surface area contributed by atoms with Gasteiger partial charge in [0, 0.05) is 25.5 Å². The first-order valence-corrected chi connectivity index (χ1v) is 8.15. The second-order valence-corrected chi connectivity index (χ2v) is 6.07. The molecule has 0 aromatic carbocycles. The van der Waals surface area contributed by atoms with E-state index in [4.69, 9.17) is 0 Å². The molecule has 0 aliphatic carbocycles. The number of rotatable bonds is 2. The molecule has 8 heteroatoms. The summed E-state index contributed by atoms with van der Waals surface area (Å²) in [4.78, 5) is 15.1. The molecule has 0 bridgehead atoms. The van der Waals surface area contributed by atoms with E-state index in [1.54, 1.807) is 6.20 Å². The molecule has 1 aliphatic rings. The van der Waals surface area contributed by atoms with Crippen molar-refractivity contribution in [3.05, 3.63) is 42.4 Å². The first-order valence-electron chi connectivity index (χ1n) is 8.15. The smallest absolute Gasteiger partial charge is 0.357 e. The molecule has 0 atom stereocenters. The van der Waals surface area contributed by atoms with Crippen LogP contribution in [0.3, 0.4) is 0 Å². The highest BCUT2D eigenvalue weighted by Crippen LogP contribution is 2.30. The van der Waals surface area contributed by atoms with E-state index in [0.29, 0.717) is 17.2 Å². The summed E-state index contributed by atoms with van der Waals surface area (Å²) in [5.41, 5.74) is 0.140. The SMILES string of the molecule is FC(F)(F)c1ccc2ncc(-c3nccc(N4CCCCC4)n3)n2c1. The fourth-order valence-corrected chi connectivity index (χ4v) is 3.09. The maximum atomic E-state index is 13.0. The summed E-state index contributed by atoms with van der Waals surface area (Å²) < 4.78 is 40.4. The van der Waals surface area contributed by atoms with Gasteiger partial charge in [0.05, 0.1) is 11.8 Å². The molecule has 0 amide bonds. The number of halogens is 3. The number of aromatic nitrogens is 4. The fourth-order valence-electron chi connectivity index (χ4n) is 3.09. The topological polar surface area (TPSA) is 46.3 Å². The molecule has 5 nitrogen and oxygen atoms in total. The highest BCUT2D eigenvalue weighted by Gasteiger charge is 2.31. The van der Waals surface area contributed by atoms with E-state index in [2.05, 4.69) is 19.9 Å². The zero-order valence-electron chi connectivity index (χ0n) is 13.4. The van der Waals surface area contributed by atoms with Crippen LogP contribution in [0.5, 0.6) is 0 Å². The first-order chi connectivity index (χ1) is 12.0. The van der Waals surface area contributed by atoms with Gasteiger partial charge in [-0.3, -0.25) is 4.40 Å². The van der Waals surface area contributed by atoms with Crippen LogP contribution in [0.15, 0.2) is 36.8 Å². The Morgan fingerprint density at radius 1 is 0.960 bits per heavy atom. The average molecular weight is 347 g/mol. The molecule has 0 spiro atoms. The quantitative estimate of drug-likeness (QED) is 0.707. The molecule has 0 unspecified atom stereocenters. The van der Waals surface area contributed by atoms with Crippen LogP contribution in [-0.2, 0) is 6.18 Å². The van der Waals surface area contributed by atoms with Crippen molar-refractivity contribution < 1.29 is 13.2 Å². The third kappa shape index (κ3) is 3.04. The molecule has 3 aromatic heterocycles. The molecule has 1 fully saturated rings. The average Bonchev–Trinajstić information content (AvgIpc) is 3.05. The summed E-state index contributed by atoms with van der Waals surface area (Å²) in [6.45, 7) is 1.86. The zero-order valence-corrected chi connectivity index (χ0v) is 13.4. The van der Waals surface area contributed by atoms with E-state index < -0.39 is 11.7 Å². The second kappa shape index (κ2) is 6.02. The maximum absolute atomic E-state index is 13.0. The predicted molar refractivity (Wildman–Crippen MR) is 87.3 cm³/mol. The van der Waals surface area contributed by atoms with E-state index >= 15 is 0 Å². The minimum atomic E-state index is -4.41. The van der Waals surface area contributed by atoms with E-state index in [1.807, 2.05) is 6.07 Å². The van der Waals surface area contributed by atoms with Crippen molar-refractivity contribution in [3.8, 4) is 11.5 Å². The molecule has 25 heavy (non-hydrogen) atoms. The van der Waals surface area contributed by atoms with E-state index in [9.17, 15) is 13.2 Å². The Balaban J connectivity index is 1.76. The molecule has 4 rings (SSSR count). The lowest BCUT2D eigenvalue weighted by atomic mass is 10.1. The summed E-state index contributed by atoms with van der Waals surface area (Å²) >= 11 is 0. The van der Waals surface area contributed by atoms with Crippen molar-refractivity contribution in [2.24, 2.45) is 0 Å². The lowest BCUT2D eigenvalue weighted by molar-refractivity contribution is -0.137. The minimum absolute atomic E-state index is 0.370. The summed E-state index contributed by atoms with van der Waals surface area (Å²) in [6, 6.07) is 4.21. The van der Waals surface area contributed by atoms with Gasteiger partial charge in [-0.15, -0.1) is 0 Å². The molecule has 130 valence electrons. The van der Waals surface area contributed by atoms with Crippen LogP contribution in [0, 0.1) is 0 Å². The lowest BCUT2D eigenvalue weighted by Crippen LogP contribution is -2.30. The number of nitrogens with zero attached hydrogens (tertiary/aromatic N) is 5. The Morgan fingerprint density at radius 3 is 2.52 bits per heavy atom. The van der Waals surface area contributed by atoms with Crippen molar-refractivity contribution >= 4 is 11.5 Å². The van der Waals surface area contributed by atoms with Crippen LogP contribution in [0.4, 0.5) is 19.0 Å². The van der Waals surface area contributed by atoms with Gasteiger partial charge in [-0.1, -0.05) is 0 Å². The second-order valence-electron chi connectivity index (χ2n) is 6.07. The Hall–Kier alpha value is -2.64. The van der Waals surface area contributed by atoms with Crippen LogP contribution in [0.25, 0.3) is 17.2 Å². The standard InChI is InChI=1S/C17H16F3N5/c18-17(19,20)12-4-5-14-22-10-13(25(14)11-12)16-21-7-6-15(23-16)24-8-2-1-3-9-24/h4-7,10-11H,1-3,8-9H2. The Morgan fingerprint density at radius 2 is 1.76 bits per heavy atom. The van der Waals surface area contributed by atoms with Crippen molar-refractivity contribution in [1.29, 1.82) is 0 Å². The van der Waals surface area contributed by atoms with Crippen LogP contribution in [-0.4, -0.2) is 32.4 Å². The molecule has 1 saturated heterocycles. The monoisotopic (exact) mass is 347 g/mol. The first kappa shape index (κ1) is 15.9. The van der Waals surface area contributed by atoms with Crippen molar-refractivity contribution in [2.45, 2.75) is 25.4 Å². The number of imidazole rings is 1. The number of hydrogen-bond acceptors (Lipinski definition) is 4. The van der Waals surface area contributed by atoms with E-state index in [0.717, 1.165) is 44.0 Å². The van der Waals surface area contributed by atoms with Crippen molar-refractivity contribution in [3.63, 3.8) is 0 Å². The highest BCUT2D eigenvalue weighted by atomic mass is 19.4. The van der Waals surface area contributed by atoms with E-state index in [1.165, 1.54) is 23.1 Å². The Bertz CT molecular complexity index is 897. The van der Waals surface area contributed by atoms with Gasteiger partial charge in [-0.25, -0.2) is 15.0 Å². The van der Waals surface area contributed by atoms with Gasteiger partial charge in [0.2, 0.25) is 0 Å². The fraction of sp³-hybridized carbons (Fsp3) is 0.353. The molecule has 0 saturated carbocycles.